The van der Waals surface area contributed by atoms with Crippen LogP contribution in [-0.2, 0) is 16.1 Å². The summed E-state index contributed by atoms with van der Waals surface area (Å²) in [7, 11) is 4.79. The van der Waals surface area contributed by atoms with Crippen LogP contribution in [-0.4, -0.2) is 54.7 Å². The molecule has 1 heterocycles. The van der Waals surface area contributed by atoms with Crippen molar-refractivity contribution in [1.82, 2.24) is 14.5 Å². The van der Waals surface area contributed by atoms with Crippen molar-refractivity contribution in [1.29, 1.82) is 0 Å². The Morgan fingerprint density at radius 1 is 1.43 bits per heavy atom. The van der Waals surface area contributed by atoms with Crippen molar-refractivity contribution in [3.8, 4) is 0 Å². The van der Waals surface area contributed by atoms with Crippen LogP contribution in [0.3, 0.4) is 0 Å². The third-order valence-corrected chi connectivity index (χ3v) is 2.90. The summed E-state index contributed by atoms with van der Waals surface area (Å²) in [5.74, 6) is -0.0525. The van der Waals surface area contributed by atoms with Gasteiger partial charge in [-0.1, -0.05) is 0 Å². The maximum absolute atomic E-state index is 11.8. The Balaban J connectivity index is 2.89. The lowest BCUT2D eigenvalue weighted by atomic mass is 10.3. The summed E-state index contributed by atoms with van der Waals surface area (Å²) in [5, 5.41) is 2.79. The molecule has 0 saturated carbocycles. The number of nitrogens with two attached hydrogens (primary N) is 1. The lowest BCUT2D eigenvalue weighted by Crippen LogP contribution is -2.35. The highest BCUT2D eigenvalue weighted by Crippen LogP contribution is 2.09. The number of carbonyl (C=O) groups is 1. The summed E-state index contributed by atoms with van der Waals surface area (Å²) in [5.41, 5.74) is 4.71. The quantitative estimate of drug-likeness (QED) is 0.572. The first-order valence-corrected chi connectivity index (χ1v) is 6.44. The molecule has 1 aromatic heterocycles. The number of amides is 1. The fourth-order valence-electron chi connectivity index (χ4n) is 1.68. The number of methoxy groups -OCH3 is 1. The van der Waals surface area contributed by atoms with Gasteiger partial charge in [0, 0.05) is 34.2 Å². The number of nitrogen functional groups attached to an aromatic ring is 1. The summed E-state index contributed by atoms with van der Waals surface area (Å²) in [6.45, 7) is 0.755. The highest BCUT2D eigenvalue weighted by molar-refractivity contribution is 5.76. The summed E-state index contributed by atoms with van der Waals surface area (Å²) >= 11 is 0. The molecule has 0 fully saturated rings. The smallest absolute Gasteiger partial charge is 0.330 e. The highest BCUT2D eigenvalue weighted by atomic mass is 16.5. The van der Waals surface area contributed by atoms with Gasteiger partial charge in [-0.3, -0.25) is 19.1 Å². The van der Waals surface area contributed by atoms with Crippen molar-refractivity contribution in [2.45, 2.75) is 13.0 Å². The third kappa shape index (κ3) is 4.35. The average Bonchev–Trinajstić information content (AvgIpc) is 2.41. The molecule has 0 aromatic carbocycles. The van der Waals surface area contributed by atoms with E-state index in [4.69, 9.17) is 10.5 Å². The lowest BCUT2D eigenvalue weighted by Gasteiger charge is -2.14. The molecule has 21 heavy (non-hydrogen) atoms. The number of rotatable bonds is 7. The molecular formula is C12H21N5O4. The van der Waals surface area contributed by atoms with Gasteiger partial charge in [-0.2, -0.15) is 0 Å². The van der Waals surface area contributed by atoms with E-state index < -0.39 is 11.2 Å². The second-order valence-electron chi connectivity index (χ2n) is 4.63. The Labute approximate surface area is 121 Å². The Bertz CT molecular complexity index is 605. The van der Waals surface area contributed by atoms with Crippen LogP contribution in [0.4, 0.5) is 11.5 Å². The number of carbonyl (C=O) groups excluding carboxylic acids is 1. The summed E-state index contributed by atoms with van der Waals surface area (Å²) in [6, 6.07) is 0. The Kier molecular flexibility index (Phi) is 5.97. The van der Waals surface area contributed by atoms with E-state index >= 15 is 0 Å². The first-order chi connectivity index (χ1) is 9.88. The van der Waals surface area contributed by atoms with E-state index in [-0.39, 0.29) is 43.5 Å². The van der Waals surface area contributed by atoms with E-state index in [9.17, 15) is 14.4 Å². The number of nitrogens with zero attached hydrogens (tertiary/aromatic N) is 2. The molecule has 118 valence electrons. The van der Waals surface area contributed by atoms with Crippen LogP contribution in [0.2, 0.25) is 0 Å². The third-order valence-electron chi connectivity index (χ3n) is 2.90. The molecule has 0 aliphatic carbocycles. The van der Waals surface area contributed by atoms with Crippen molar-refractivity contribution in [3.05, 3.63) is 20.8 Å². The van der Waals surface area contributed by atoms with Crippen molar-refractivity contribution in [2.24, 2.45) is 0 Å². The van der Waals surface area contributed by atoms with Crippen molar-refractivity contribution in [3.63, 3.8) is 0 Å². The van der Waals surface area contributed by atoms with E-state index in [0.717, 1.165) is 0 Å². The van der Waals surface area contributed by atoms with Gasteiger partial charge in [0.1, 0.15) is 11.5 Å². The van der Waals surface area contributed by atoms with Gasteiger partial charge in [0.05, 0.1) is 13.2 Å². The largest absolute Gasteiger partial charge is 0.383 e. The number of H-pyrrole nitrogens is 1. The first-order valence-electron chi connectivity index (χ1n) is 6.44. The molecule has 4 N–H and O–H groups in total. The molecule has 0 saturated heterocycles. The number of hydrogen-bond acceptors (Lipinski definition) is 6. The molecule has 1 aromatic rings. The van der Waals surface area contributed by atoms with E-state index in [1.165, 1.54) is 16.6 Å². The minimum absolute atomic E-state index is 0.0260. The maximum atomic E-state index is 11.8. The second-order valence-corrected chi connectivity index (χ2v) is 4.63. The van der Waals surface area contributed by atoms with Gasteiger partial charge < -0.3 is 20.7 Å². The number of aromatic nitrogens is 2. The molecule has 0 spiro atoms. The fourth-order valence-corrected chi connectivity index (χ4v) is 1.68. The number of ether oxygens (including phenoxy) is 1. The molecule has 0 bridgehead atoms. The predicted octanol–water partition coefficient (Wildman–Crippen LogP) is -1.34. The summed E-state index contributed by atoms with van der Waals surface area (Å²) in [4.78, 5) is 38.5. The summed E-state index contributed by atoms with van der Waals surface area (Å²) in [6.07, 6.45) is 0.211. The second kappa shape index (κ2) is 7.48. The molecule has 0 aliphatic rings. The van der Waals surface area contributed by atoms with Crippen molar-refractivity contribution >= 4 is 17.4 Å². The predicted molar refractivity (Wildman–Crippen MR) is 79.4 cm³/mol. The van der Waals surface area contributed by atoms with E-state index in [2.05, 4.69) is 10.3 Å². The molecule has 0 aliphatic heterocycles. The minimum Gasteiger partial charge on any atom is -0.383 e. The van der Waals surface area contributed by atoms with Crippen LogP contribution < -0.4 is 22.3 Å². The number of anilines is 2. The molecule has 1 rings (SSSR count). The van der Waals surface area contributed by atoms with E-state index in [1.54, 1.807) is 14.1 Å². The average molecular weight is 299 g/mol. The topological polar surface area (TPSA) is 122 Å². The Morgan fingerprint density at radius 3 is 2.67 bits per heavy atom. The summed E-state index contributed by atoms with van der Waals surface area (Å²) < 4.78 is 6.10. The maximum Gasteiger partial charge on any atom is 0.330 e. The number of hydrogen-bond donors (Lipinski definition) is 3. The van der Waals surface area contributed by atoms with Crippen LogP contribution in [0.25, 0.3) is 0 Å². The van der Waals surface area contributed by atoms with Crippen LogP contribution in [0.5, 0.6) is 0 Å². The van der Waals surface area contributed by atoms with Gasteiger partial charge in [-0.05, 0) is 0 Å². The zero-order valence-electron chi connectivity index (χ0n) is 12.4. The van der Waals surface area contributed by atoms with Gasteiger partial charge in [-0.25, -0.2) is 4.79 Å². The zero-order chi connectivity index (χ0) is 16.0. The van der Waals surface area contributed by atoms with Crippen LogP contribution in [0.1, 0.15) is 6.42 Å². The standard InChI is InChI=1S/C12H21N5O4/c1-16(2)8(18)4-5-14-9-10(13)17(6-7-21-3)12(20)15-11(9)19/h14H,4-7,13H2,1-3H3,(H,15,19,20). The number of nitrogens with one attached hydrogen (secondary N) is 2. The zero-order valence-corrected chi connectivity index (χ0v) is 12.4. The fraction of sp³-hybridized carbons (Fsp3) is 0.583. The van der Waals surface area contributed by atoms with E-state index in [1.807, 2.05) is 0 Å². The first kappa shape index (κ1) is 16.8. The van der Waals surface area contributed by atoms with Crippen molar-refractivity contribution in [2.75, 3.05) is 45.4 Å². The molecular weight excluding hydrogens is 278 g/mol. The monoisotopic (exact) mass is 299 g/mol. The van der Waals surface area contributed by atoms with Crippen LogP contribution >= 0.6 is 0 Å². The van der Waals surface area contributed by atoms with Gasteiger partial charge in [0.25, 0.3) is 5.56 Å². The van der Waals surface area contributed by atoms with Crippen LogP contribution in [0.15, 0.2) is 9.59 Å². The Morgan fingerprint density at radius 2 is 2.10 bits per heavy atom. The lowest BCUT2D eigenvalue weighted by molar-refractivity contribution is -0.128. The highest BCUT2D eigenvalue weighted by Gasteiger charge is 2.12. The van der Waals surface area contributed by atoms with Gasteiger partial charge in [0.2, 0.25) is 5.91 Å². The van der Waals surface area contributed by atoms with Crippen molar-refractivity contribution < 1.29 is 9.53 Å². The Hall–Kier alpha value is -2.29. The normalized spacial score (nSPS) is 10.4. The molecule has 0 radical (unpaired) electrons. The molecule has 0 unspecified atom stereocenters. The van der Waals surface area contributed by atoms with Gasteiger partial charge in [-0.15, -0.1) is 0 Å². The van der Waals surface area contributed by atoms with Gasteiger partial charge >= 0.3 is 5.69 Å². The molecule has 9 heteroatoms. The van der Waals surface area contributed by atoms with Gasteiger partial charge in [0.15, 0.2) is 0 Å². The molecule has 0 atom stereocenters. The minimum atomic E-state index is -0.608. The molecule has 1 amide bonds. The molecule has 9 nitrogen and oxygen atoms in total. The van der Waals surface area contributed by atoms with E-state index in [0.29, 0.717) is 0 Å². The number of aromatic amines is 1. The van der Waals surface area contributed by atoms with Crippen LogP contribution in [0, 0.1) is 0 Å². The SMILES string of the molecule is COCCn1c(N)c(NCCC(=O)N(C)C)c(=O)[nH]c1=O.